The maximum Gasteiger partial charge on any atom is 0.157 e. The summed E-state index contributed by atoms with van der Waals surface area (Å²) < 4.78 is 0. The van der Waals surface area contributed by atoms with Crippen LogP contribution in [0.15, 0.2) is 4.99 Å². The number of hydrogen-bond donors (Lipinski definition) is 1. The highest BCUT2D eigenvalue weighted by atomic mass is 32.2. The van der Waals surface area contributed by atoms with Crippen LogP contribution in [-0.4, -0.2) is 23.0 Å². The van der Waals surface area contributed by atoms with Crippen molar-refractivity contribution in [1.29, 1.82) is 0 Å². The van der Waals surface area contributed by atoms with Gasteiger partial charge < -0.3 is 5.32 Å². The second kappa shape index (κ2) is 4.59. The van der Waals surface area contributed by atoms with Gasteiger partial charge in [0.05, 0.1) is 0 Å². The Hall–Kier alpha value is -0.180. The molecule has 1 N–H and O–H groups in total. The molecule has 0 radical (unpaired) electrons. The maximum atomic E-state index is 4.76. The Balaban J connectivity index is 1.54. The lowest BCUT2D eigenvalue weighted by Gasteiger charge is -2.32. The van der Waals surface area contributed by atoms with Crippen LogP contribution < -0.4 is 5.32 Å². The Labute approximate surface area is 103 Å². The van der Waals surface area contributed by atoms with E-state index in [-0.39, 0.29) is 0 Å². The molecule has 3 rings (SSSR count). The van der Waals surface area contributed by atoms with Crippen molar-refractivity contribution in [2.75, 3.05) is 12.3 Å². The zero-order valence-corrected chi connectivity index (χ0v) is 10.8. The van der Waals surface area contributed by atoms with Gasteiger partial charge in [-0.25, -0.2) is 0 Å². The maximum absolute atomic E-state index is 4.76. The molecule has 16 heavy (non-hydrogen) atoms. The van der Waals surface area contributed by atoms with Crippen molar-refractivity contribution >= 4 is 16.9 Å². The molecule has 3 aliphatic rings. The van der Waals surface area contributed by atoms with Crippen molar-refractivity contribution in [3.8, 4) is 0 Å². The zero-order chi connectivity index (χ0) is 10.8. The molecule has 0 atom stereocenters. The van der Waals surface area contributed by atoms with Crippen molar-refractivity contribution in [1.82, 2.24) is 5.32 Å². The predicted molar refractivity (Wildman–Crippen MR) is 71.1 cm³/mol. The molecule has 1 spiro atoms. The van der Waals surface area contributed by atoms with Crippen molar-refractivity contribution < 1.29 is 0 Å². The smallest absolute Gasteiger partial charge is 0.157 e. The number of aliphatic imine (C=N–C) groups is 1. The molecule has 3 fully saturated rings. The van der Waals surface area contributed by atoms with E-state index in [9.17, 15) is 0 Å². The molecule has 2 aliphatic carbocycles. The summed E-state index contributed by atoms with van der Waals surface area (Å²) in [4.78, 5) is 4.76. The normalized spacial score (nSPS) is 31.6. The summed E-state index contributed by atoms with van der Waals surface area (Å²) in [6.45, 7) is 1.07. The van der Waals surface area contributed by atoms with Crippen LogP contribution in [0, 0.1) is 5.92 Å². The number of rotatable bonds is 2. The van der Waals surface area contributed by atoms with Crippen molar-refractivity contribution in [2.24, 2.45) is 10.9 Å². The topological polar surface area (TPSA) is 24.4 Å². The molecule has 1 saturated heterocycles. The van der Waals surface area contributed by atoms with Crippen LogP contribution in [0.5, 0.6) is 0 Å². The summed E-state index contributed by atoms with van der Waals surface area (Å²) in [5, 5.41) is 4.97. The Morgan fingerprint density at radius 1 is 1.19 bits per heavy atom. The lowest BCUT2D eigenvalue weighted by atomic mass is 9.83. The van der Waals surface area contributed by atoms with Crippen LogP contribution in [0.3, 0.4) is 0 Å². The molecular formula is C13H22N2S. The third-order valence-corrected chi connectivity index (χ3v) is 5.59. The van der Waals surface area contributed by atoms with E-state index >= 15 is 0 Å². The Kier molecular flexibility index (Phi) is 3.14. The van der Waals surface area contributed by atoms with Gasteiger partial charge in [0.25, 0.3) is 0 Å². The second-order valence-corrected chi connectivity index (χ2v) is 6.66. The number of amidine groups is 1. The van der Waals surface area contributed by atoms with Gasteiger partial charge in [0.15, 0.2) is 5.17 Å². The fourth-order valence-electron chi connectivity index (χ4n) is 2.98. The zero-order valence-electron chi connectivity index (χ0n) is 10.0. The number of nitrogens with zero attached hydrogens (tertiary/aromatic N) is 1. The van der Waals surface area contributed by atoms with Crippen LogP contribution in [-0.2, 0) is 0 Å². The van der Waals surface area contributed by atoms with Gasteiger partial charge in [-0.05, 0) is 31.6 Å². The van der Waals surface area contributed by atoms with E-state index in [0.717, 1.165) is 12.5 Å². The summed E-state index contributed by atoms with van der Waals surface area (Å²) in [5.41, 5.74) is 0.432. The monoisotopic (exact) mass is 238 g/mol. The fraction of sp³-hybridized carbons (Fsp3) is 0.923. The summed E-state index contributed by atoms with van der Waals surface area (Å²) in [5.74, 6) is 2.16. The summed E-state index contributed by atoms with van der Waals surface area (Å²) >= 11 is 1.96. The lowest BCUT2D eigenvalue weighted by molar-refractivity contribution is 0.302. The first-order valence-electron chi connectivity index (χ1n) is 6.82. The molecule has 0 bridgehead atoms. The summed E-state index contributed by atoms with van der Waals surface area (Å²) in [6.07, 6.45) is 11.2. The minimum atomic E-state index is 0.432. The highest BCUT2D eigenvalue weighted by Gasteiger charge is 2.38. The molecule has 0 aromatic rings. The van der Waals surface area contributed by atoms with E-state index in [1.165, 1.54) is 62.3 Å². The Bertz CT molecular complexity index is 278. The van der Waals surface area contributed by atoms with Gasteiger partial charge in [-0.3, -0.25) is 4.99 Å². The third-order valence-electron chi connectivity index (χ3n) is 4.39. The second-order valence-electron chi connectivity index (χ2n) is 5.70. The molecule has 90 valence electrons. The molecule has 1 heterocycles. The van der Waals surface area contributed by atoms with Crippen molar-refractivity contribution in [3.05, 3.63) is 0 Å². The molecule has 0 amide bonds. The molecule has 2 nitrogen and oxygen atoms in total. The molecular weight excluding hydrogens is 216 g/mol. The van der Waals surface area contributed by atoms with E-state index in [2.05, 4.69) is 5.32 Å². The molecule has 0 unspecified atom stereocenters. The van der Waals surface area contributed by atoms with E-state index in [1.807, 2.05) is 11.8 Å². The first-order valence-corrected chi connectivity index (χ1v) is 7.80. The summed E-state index contributed by atoms with van der Waals surface area (Å²) in [7, 11) is 0. The standard InChI is InChI=1S/C13H22N2S/c1-2-7-13(8-3-1)10-16-12(15-13)14-9-11-5-4-6-11/h11H,1-10H2,(H,14,15). The average Bonchev–Trinajstić information content (AvgIpc) is 2.61. The molecule has 3 heteroatoms. The minimum Gasteiger partial charge on any atom is -0.359 e. The fourth-order valence-corrected chi connectivity index (χ4v) is 4.20. The van der Waals surface area contributed by atoms with Gasteiger partial charge in [-0.1, -0.05) is 37.4 Å². The van der Waals surface area contributed by atoms with E-state index in [0.29, 0.717) is 5.54 Å². The Morgan fingerprint density at radius 2 is 2.00 bits per heavy atom. The van der Waals surface area contributed by atoms with Crippen LogP contribution in [0.2, 0.25) is 0 Å². The van der Waals surface area contributed by atoms with E-state index < -0.39 is 0 Å². The van der Waals surface area contributed by atoms with Gasteiger partial charge in [-0.15, -0.1) is 0 Å². The van der Waals surface area contributed by atoms with Gasteiger partial charge >= 0.3 is 0 Å². The van der Waals surface area contributed by atoms with Crippen LogP contribution >= 0.6 is 11.8 Å². The number of hydrogen-bond acceptors (Lipinski definition) is 2. The molecule has 2 saturated carbocycles. The lowest BCUT2D eigenvalue weighted by Crippen LogP contribution is -2.45. The highest BCUT2D eigenvalue weighted by Crippen LogP contribution is 2.36. The first-order chi connectivity index (χ1) is 7.86. The van der Waals surface area contributed by atoms with Gasteiger partial charge in [0.2, 0.25) is 0 Å². The van der Waals surface area contributed by atoms with Gasteiger partial charge in [0, 0.05) is 17.8 Å². The number of thioether (sulfide) groups is 1. The average molecular weight is 238 g/mol. The van der Waals surface area contributed by atoms with E-state index in [4.69, 9.17) is 4.99 Å². The van der Waals surface area contributed by atoms with Gasteiger partial charge in [0.1, 0.15) is 0 Å². The van der Waals surface area contributed by atoms with Crippen molar-refractivity contribution in [2.45, 2.75) is 56.9 Å². The first kappa shape index (κ1) is 10.9. The van der Waals surface area contributed by atoms with Crippen LogP contribution in [0.1, 0.15) is 51.4 Å². The van der Waals surface area contributed by atoms with Gasteiger partial charge in [-0.2, -0.15) is 0 Å². The molecule has 0 aromatic carbocycles. The Morgan fingerprint density at radius 3 is 2.69 bits per heavy atom. The highest BCUT2D eigenvalue weighted by molar-refractivity contribution is 8.14. The minimum absolute atomic E-state index is 0.432. The van der Waals surface area contributed by atoms with E-state index in [1.54, 1.807) is 0 Å². The molecule has 1 aliphatic heterocycles. The largest absolute Gasteiger partial charge is 0.359 e. The predicted octanol–water partition coefficient (Wildman–Crippen LogP) is 3.18. The third kappa shape index (κ3) is 2.24. The summed E-state index contributed by atoms with van der Waals surface area (Å²) in [6, 6.07) is 0. The van der Waals surface area contributed by atoms with Crippen LogP contribution in [0.4, 0.5) is 0 Å². The quantitative estimate of drug-likeness (QED) is 0.799. The van der Waals surface area contributed by atoms with Crippen molar-refractivity contribution in [3.63, 3.8) is 0 Å². The SMILES string of the molecule is C1CCC2(CC1)CSC(=NCC1CCC1)N2. The number of nitrogens with one attached hydrogen (secondary N) is 1. The molecule has 0 aromatic heterocycles. The van der Waals surface area contributed by atoms with Crippen LogP contribution in [0.25, 0.3) is 0 Å².